The van der Waals surface area contributed by atoms with Crippen molar-refractivity contribution < 1.29 is 9.66 Å². The van der Waals surface area contributed by atoms with Crippen LogP contribution in [0.15, 0.2) is 30.6 Å². The van der Waals surface area contributed by atoms with Gasteiger partial charge in [0.2, 0.25) is 5.82 Å². The number of nitro groups is 1. The number of anilines is 2. The van der Waals surface area contributed by atoms with Gasteiger partial charge in [-0.2, -0.15) is 4.98 Å². The lowest BCUT2D eigenvalue weighted by Gasteiger charge is -2.08. The summed E-state index contributed by atoms with van der Waals surface area (Å²) in [5.41, 5.74) is 0.322. The van der Waals surface area contributed by atoms with Crippen LogP contribution in [0.4, 0.5) is 17.2 Å². The van der Waals surface area contributed by atoms with Crippen molar-refractivity contribution in [3.05, 3.63) is 45.7 Å². The monoisotopic (exact) mass is 294 g/mol. The maximum absolute atomic E-state index is 11.1. The Balaban J connectivity index is 2.37. The van der Waals surface area contributed by atoms with E-state index in [4.69, 9.17) is 16.3 Å². The Morgan fingerprint density at radius 1 is 1.35 bits per heavy atom. The standard InChI is InChI=1S/C12H11ClN4O3/c1-2-20-12-10(17(18)19)11(14-7-15-12)16-9-5-3-8(13)4-6-9/h3-7H,2H2,1H3,(H,14,15,16). The molecule has 2 rings (SSSR count). The molecule has 0 saturated carbocycles. The molecule has 0 saturated heterocycles. The van der Waals surface area contributed by atoms with Gasteiger partial charge in [-0.1, -0.05) is 11.6 Å². The molecule has 7 nitrogen and oxygen atoms in total. The maximum atomic E-state index is 11.1. The van der Waals surface area contributed by atoms with Gasteiger partial charge >= 0.3 is 5.69 Å². The van der Waals surface area contributed by atoms with Gasteiger partial charge < -0.3 is 10.1 Å². The number of nitrogens with one attached hydrogen (secondary N) is 1. The van der Waals surface area contributed by atoms with Crippen molar-refractivity contribution >= 4 is 28.8 Å². The molecule has 1 heterocycles. The van der Waals surface area contributed by atoms with Crippen LogP contribution in [0.3, 0.4) is 0 Å². The van der Waals surface area contributed by atoms with Gasteiger partial charge in [0.15, 0.2) is 0 Å². The van der Waals surface area contributed by atoms with Crippen LogP contribution in [0.5, 0.6) is 5.88 Å². The third-order valence-corrected chi connectivity index (χ3v) is 2.61. The largest absolute Gasteiger partial charge is 0.473 e. The fourth-order valence-electron chi connectivity index (χ4n) is 1.53. The summed E-state index contributed by atoms with van der Waals surface area (Å²) in [7, 11) is 0. The summed E-state index contributed by atoms with van der Waals surface area (Å²) >= 11 is 5.78. The van der Waals surface area contributed by atoms with E-state index in [9.17, 15) is 10.1 Å². The zero-order valence-corrected chi connectivity index (χ0v) is 11.3. The van der Waals surface area contributed by atoms with Gasteiger partial charge in [-0.25, -0.2) is 4.98 Å². The van der Waals surface area contributed by atoms with Crippen molar-refractivity contribution in [1.82, 2.24) is 9.97 Å². The molecule has 2 aromatic rings. The molecule has 0 aliphatic heterocycles. The van der Waals surface area contributed by atoms with Gasteiger partial charge in [-0.3, -0.25) is 10.1 Å². The maximum Gasteiger partial charge on any atom is 0.373 e. The number of hydrogen-bond donors (Lipinski definition) is 1. The number of benzene rings is 1. The van der Waals surface area contributed by atoms with Gasteiger partial charge in [-0.05, 0) is 31.2 Å². The number of hydrogen-bond acceptors (Lipinski definition) is 6. The van der Waals surface area contributed by atoms with Crippen molar-refractivity contribution in [1.29, 1.82) is 0 Å². The van der Waals surface area contributed by atoms with Crippen molar-refractivity contribution in [2.45, 2.75) is 6.92 Å². The highest BCUT2D eigenvalue weighted by atomic mass is 35.5. The van der Waals surface area contributed by atoms with Crippen LogP contribution in [0.2, 0.25) is 5.02 Å². The summed E-state index contributed by atoms with van der Waals surface area (Å²) in [6.07, 6.45) is 1.20. The second-order valence-corrected chi connectivity index (χ2v) is 4.13. The predicted molar refractivity (Wildman–Crippen MR) is 74.6 cm³/mol. The van der Waals surface area contributed by atoms with E-state index < -0.39 is 4.92 Å². The highest BCUT2D eigenvalue weighted by Gasteiger charge is 2.24. The molecular formula is C12H11ClN4O3. The van der Waals surface area contributed by atoms with Crippen LogP contribution in [0, 0.1) is 10.1 Å². The lowest BCUT2D eigenvalue weighted by Crippen LogP contribution is -2.05. The van der Waals surface area contributed by atoms with Crippen molar-refractivity contribution in [2.24, 2.45) is 0 Å². The molecule has 104 valence electrons. The molecule has 20 heavy (non-hydrogen) atoms. The summed E-state index contributed by atoms with van der Waals surface area (Å²) in [5, 5.41) is 14.6. The SMILES string of the molecule is CCOc1ncnc(Nc2ccc(Cl)cc2)c1[N+](=O)[O-]. The first kappa shape index (κ1) is 14.0. The Kier molecular flexibility index (Phi) is 4.31. The Bertz CT molecular complexity index is 619. The van der Waals surface area contributed by atoms with Gasteiger partial charge in [0, 0.05) is 10.7 Å². The summed E-state index contributed by atoms with van der Waals surface area (Å²) in [5.74, 6) is -0.000244. The number of halogens is 1. The average Bonchev–Trinajstić information content (AvgIpc) is 2.41. The molecule has 0 bridgehead atoms. The van der Waals surface area contributed by atoms with Crippen molar-refractivity contribution in [3.63, 3.8) is 0 Å². The van der Waals surface area contributed by atoms with Crippen LogP contribution in [0.1, 0.15) is 6.92 Å². The van der Waals surface area contributed by atoms with Crippen LogP contribution in [-0.4, -0.2) is 21.5 Å². The second-order valence-electron chi connectivity index (χ2n) is 3.70. The molecular weight excluding hydrogens is 284 g/mol. The molecule has 0 aliphatic rings. The van der Waals surface area contributed by atoms with Gasteiger partial charge in [0.1, 0.15) is 6.33 Å². The van der Waals surface area contributed by atoms with Crippen LogP contribution >= 0.6 is 11.6 Å². The molecule has 0 aliphatic carbocycles. The minimum Gasteiger partial charge on any atom is -0.473 e. The first-order valence-electron chi connectivity index (χ1n) is 5.76. The van der Waals surface area contributed by atoms with E-state index in [0.29, 0.717) is 10.7 Å². The minimum absolute atomic E-state index is 0.0655. The molecule has 8 heteroatoms. The minimum atomic E-state index is -0.580. The van der Waals surface area contributed by atoms with Gasteiger partial charge in [0.25, 0.3) is 5.88 Å². The highest BCUT2D eigenvalue weighted by Crippen LogP contribution is 2.32. The molecule has 0 amide bonds. The summed E-state index contributed by atoms with van der Waals surface area (Å²) in [6.45, 7) is 2.00. The van der Waals surface area contributed by atoms with E-state index in [2.05, 4.69) is 15.3 Å². The van der Waals surface area contributed by atoms with Crippen LogP contribution in [-0.2, 0) is 0 Å². The third kappa shape index (κ3) is 3.12. The van der Waals surface area contributed by atoms with E-state index in [0.717, 1.165) is 0 Å². The molecule has 0 atom stereocenters. The molecule has 1 N–H and O–H groups in total. The summed E-state index contributed by atoms with van der Waals surface area (Å²) < 4.78 is 5.14. The van der Waals surface area contributed by atoms with Crippen LogP contribution < -0.4 is 10.1 Å². The number of rotatable bonds is 5. The smallest absolute Gasteiger partial charge is 0.373 e. The Hall–Kier alpha value is -2.41. The van der Waals surface area contributed by atoms with Crippen molar-refractivity contribution in [3.8, 4) is 5.88 Å². The molecule has 0 fully saturated rings. The fraction of sp³-hybridized carbons (Fsp3) is 0.167. The van der Waals surface area contributed by atoms with E-state index in [1.54, 1.807) is 31.2 Å². The van der Waals surface area contributed by atoms with E-state index in [1.807, 2.05) is 0 Å². The third-order valence-electron chi connectivity index (χ3n) is 2.36. The predicted octanol–water partition coefficient (Wildman–Crippen LogP) is 3.18. The number of aromatic nitrogens is 2. The molecule has 0 unspecified atom stereocenters. The van der Waals surface area contributed by atoms with E-state index in [-0.39, 0.29) is 24.0 Å². The fourth-order valence-corrected chi connectivity index (χ4v) is 1.66. The second kappa shape index (κ2) is 6.16. The number of nitrogens with zero attached hydrogens (tertiary/aromatic N) is 3. The van der Waals surface area contributed by atoms with Crippen LogP contribution in [0.25, 0.3) is 0 Å². The highest BCUT2D eigenvalue weighted by molar-refractivity contribution is 6.30. The lowest BCUT2D eigenvalue weighted by molar-refractivity contribution is -0.385. The Morgan fingerprint density at radius 3 is 2.65 bits per heavy atom. The van der Waals surface area contributed by atoms with Crippen molar-refractivity contribution in [2.75, 3.05) is 11.9 Å². The normalized spacial score (nSPS) is 10.1. The summed E-state index contributed by atoms with van der Waals surface area (Å²) in [6, 6.07) is 6.71. The topological polar surface area (TPSA) is 90.2 Å². The Labute approximate surface area is 119 Å². The average molecular weight is 295 g/mol. The van der Waals surface area contributed by atoms with E-state index in [1.165, 1.54) is 6.33 Å². The molecule has 0 radical (unpaired) electrons. The number of ether oxygens (including phenoxy) is 1. The first-order valence-corrected chi connectivity index (χ1v) is 6.14. The van der Waals surface area contributed by atoms with Gasteiger partial charge in [-0.15, -0.1) is 0 Å². The molecule has 1 aromatic heterocycles. The van der Waals surface area contributed by atoms with E-state index >= 15 is 0 Å². The lowest BCUT2D eigenvalue weighted by atomic mass is 10.3. The van der Waals surface area contributed by atoms with Gasteiger partial charge in [0.05, 0.1) is 11.5 Å². The zero-order valence-electron chi connectivity index (χ0n) is 10.5. The zero-order chi connectivity index (χ0) is 14.5. The quantitative estimate of drug-likeness (QED) is 0.673. The Morgan fingerprint density at radius 2 is 2.05 bits per heavy atom. The first-order chi connectivity index (χ1) is 9.61. The summed E-state index contributed by atoms with van der Waals surface area (Å²) in [4.78, 5) is 18.2. The molecule has 0 spiro atoms. The molecule has 1 aromatic carbocycles.